The maximum Gasteiger partial charge on any atom is 0.156 e. The first-order valence-electron chi connectivity index (χ1n) is 12.5. The van der Waals surface area contributed by atoms with Gasteiger partial charge in [0.2, 0.25) is 0 Å². The molecule has 0 heterocycles. The molecule has 1 aromatic carbocycles. The Labute approximate surface area is 206 Å². The van der Waals surface area contributed by atoms with E-state index in [1.54, 1.807) is 5.57 Å². The number of ketones is 2. The number of halogens is 1. The van der Waals surface area contributed by atoms with Gasteiger partial charge in [0.15, 0.2) is 5.78 Å². The highest BCUT2D eigenvalue weighted by atomic mass is 79.9. The lowest BCUT2D eigenvalue weighted by Gasteiger charge is -2.55. The Morgan fingerprint density at radius 2 is 1.82 bits per heavy atom. The molecule has 0 spiro atoms. The van der Waals surface area contributed by atoms with E-state index in [0.29, 0.717) is 35.3 Å². The van der Waals surface area contributed by atoms with Crippen LogP contribution < -0.4 is 4.90 Å². The zero-order valence-corrected chi connectivity index (χ0v) is 22.0. The Morgan fingerprint density at radius 1 is 1.09 bits per heavy atom. The van der Waals surface area contributed by atoms with Crippen molar-refractivity contribution in [1.82, 2.24) is 0 Å². The number of anilines is 1. The molecular formula is C29H36BrNO2. The summed E-state index contributed by atoms with van der Waals surface area (Å²) in [6.07, 6.45) is 8.75. The first-order chi connectivity index (χ1) is 15.7. The number of allylic oxidation sites excluding steroid dienone is 4. The zero-order chi connectivity index (χ0) is 23.5. The number of hydrogen-bond donors (Lipinski definition) is 0. The number of fused-ring (bicyclic) bond motifs is 4. The van der Waals surface area contributed by atoms with Crippen LogP contribution in [0.3, 0.4) is 0 Å². The quantitative estimate of drug-likeness (QED) is 0.427. The molecule has 0 aromatic heterocycles. The lowest BCUT2D eigenvalue weighted by atomic mass is 9.48. The van der Waals surface area contributed by atoms with Crippen molar-refractivity contribution in [3.63, 3.8) is 0 Å². The average molecular weight is 511 g/mol. The van der Waals surface area contributed by atoms with Crippen molar-refractivity contribution in [3.05, 3.63) is 52.6 Å². The van der Waals surface area contributed by atoms with E-state index in [0.717, 1.165) is 38.5 Å². The van der Waals surface area contributed by atoms with Crippen LogP contribution in [0.2, 0.25) is 0 Å². The third kappa shape index (κ3) is 3.42. The second kappa shape index (κ2) is 8.22. The fourth-order valence-corrected chi connectivity index (χ4v) is 8.43. The van der Waals surface area contributed by atoms with E-state index in [-0.39, 0.29) is 16.6 Å². The van der Waals surface area contributed by atoms with Gasteiger partial charge in [-0.05, 0) is 90.7 Å². The Hall–Kier alpha value is -1.68. The summed E-state index contributed by atoms with van der Waals surface area (Å²) in [7, 11) is 4.16. The third-order valence-corrected chi connectivity index (χ3v) is 10.4. The zero-order valence-electron chi connectivity index (χ0n) is 20.4. The number of carbonyl (C=O) groups excluding carboxylic acids is 2. The average Bonchev–Trinajstić information content (AvgIpc) is 3.09. The van der Waals surface area contributed by atoms with E-state index in [1.807, 2.05) is 6.08 Å². The molecule has 0 bridgehead atoms. The maximum atomic E-state index is 13.3. The van der Waals surface area contributed by atoms with Gasteiger partial charge >= 0.3 is 0 Å². The van der Waals surface area contributed by atoms with Gasteiger partial charge in [0.1, 0.15) is 5.78 Å². The highest BCUT2D eigenvalue weighted by Crippen LogP contribution is 2.69. The van der Waals surface area contributed by atoms with Crippen LogP contribution in [0.5, 0.6) is 0 Å². The predicted octanol–water partition coefficient (Wildman–Crippen LogP) is 6.62. The minimum absolute atomic E-state index is 0.0107. The van der Waals surface area contributed by atoms with Crippen molar-refractivity contribution in [1.29, 1.82) is 0 Å². The number of Topliss-reactive ketones (excluding diaryl/α,β-unsaturated/α-hetero) is 1. The summed E-state index contributed by atoms with van der Waals surface area (Å²) in [5.74, 6) is 2.04. The molecule has 0 N–H and O–H groups in total. The number of hydrogen-bond acceptors (Lipinski definition) is 3. The lowest BCUT2D eigenvalue weighted by molar-refractivity contribution is -0.133. The molecule has 4 aliphatic carbocycles. The molecule has 0 radical (unpaired) electrons. The predicted molar refractivity (Wildman–Crippen MR) is 138 cm³/mol. The van der Waals surface area contributed by atoms with Gasteiger partial charge in [-0.2, -0.15) is 0 Å². The summed E-state index contributed by atoms with van der Waals surface area (Å²) in [5.41, 5.74) is 6.67. The van der Waals surface area contributed by atoms with Crippen LogP contribution in [0.4, 0.5) is 5.69 Å². The van der Waals surface area contributed by atoms with Gasteiger partial charge in [0.05, 0.1) is 5.33 Å². The molecular weight excluding hydrogens is 474 g/mol. The minimum atomic E-state index is -0.280. The van der Waals surface area contributed by atoms with Crippen LogP contribution in [0.1, 0.15) is 70.3 Å². The minimum Gasteiger partial charge on any atom is -0.378 e. The third-order valence-electron chi connectivity index (χ3n) is 9.89. The molecule has 33 heavy (non-hydrogen) atoms. The van der Waals surface area contributed by atoms with Crippen molar-refractivity contribution in [2.75, 3.05) is 24.3 Å². The summed E-state index contributed by atoms with van der Waals surface area (Å²) in [6.45, 7) is 4.66. The molecule has 0 aliphatic heterocycles. The molecule has 1 aromatic rings. The highest BCUT2D eigenvalue weighted by molar-refractivity contribution is 9.09. The Balaban J connectivity index is 1.66. The van der Waals surface area contributed by atoms with E-state index in [1.165, 1.54) is 22.4 Å². The van der Waals surface area contributed by atoms with Gasteiger partial charge in [-0.3, -0.25) is 9.59 Å². The molecule has 3 unspecified atom stereocenters. The number of carbonyl (C=O) groups is 2. The normalized spacial score (nSPS) is 35.5. The monoisotopic (exact) mass is 509 g/mol. The molecule has 3 nitrogen and oxygen atoms in total. The molecule has 2 fully saturated rings. The summed E-state index contributed by atoms with van der Waals surface area (Å²) >= 11 is 3.50. The smallest absolute Gasteiger partial charge is 0.156 e. The number of rotatable bonds is 4. The van der Waals surface area contributed by atoms with Crippen LogP contribution in [-0.2, 0) is 9.59 Å². The molecule has 0 saturated heterocycles. The maximum absolute atomic E-state index is 13.3. The topological polar surface area (TPSA) is 37.4 Å². The van der Waals surface area contributed by atoms with Crippen LogP contribution in [-0.4, -0.2) is 31.0 Å². The fourth-order valence-electron chi connectivity index (χ4n) is 7.81. The molecule has 0 amide bonds. The summed E-state index contributed by atoms with van der Waals surface area (Å²) < 4.78 is 0. The van der Waals surface area contributed by atoms with E-state index < -0.39 is 0 Å². The largest absolute Gasteiger partial charge is 0.378 e. The Kier molecular flexibility index (Phi) is 5.75. The Bertz CT molecular complexity index is 1050. The summed E-state index contributed by atoms with van der Waals surface area (Å²) in [6, 6.07) is 9.06. The first-order valence-corrected chi connectivity index (χ1v) is 13.6. The second-order valence-corrected chi connectivity index (χ2v) is 12.0. The molecule has 5 rings (SSSR count). The van der Waals surface area contributed by atoms with Crippen LogP contribution >= 0.6 is 15.9 Å². The fraction of sp³-hybridized carbons (Fsp3) is 0.586. The van der Waals surface area contributed by atoms with E-state index in [2.05, 4.69) is 73.0 Å². The van der Waals surface area contributed by atoms with Crippen LogP contribution in [0.25, 0.3) is 0 Å². The molecule has 4 heteroatoms. The number of nitrogens with zero attached hydrogens (tertiary/aromatic N) is 1. The molecule has 5 atom stereocenters. The number of benzene rings is 1. The second-order valence-electron chi connectivity index (χ2n) is 11.4. The van der Waals surface area contributed by atoms with Gasteiger partial charge in [-0.15, -0.1) is 0 Å². The van der Waals surface area contributed by atoms with Crippen molar-refractivity contribution in [3.8, 4) is 0 Å². The van der Waals surface area contributed by atoms with Gasteiger partial charge in [0.25, 0.3) is 0 Å². The SMILES string of the molecule is CN(C)c1ccc(C2C[C@@]3(C)C(CC[C@]3(C)C(=O)CBr)C3CCC4=CC(=O)CCC4=C23)cc1. The van der Waals surface area contributed by atoms with E-state index >= 15 is 0 Å². The molecule has 176 valence electrons. The lowest BCUT2D eigenvalue weighted by Crippen LogP contribution is -2.50. The summed E-state index contributed by atoms with van der Waals surface area (Å²) in [5, 5.41) is 0.446. The molecule has 2 saturated carbocycles. The van der Waals surface area contributed by atoms with Gasteiger partial charge in [-0.25, -0.2) is 0 Å². The van der Waals surface area contributed by atoms with Crippen molar-refractivity contribution in [2.45, 2.75) is 64.7 Å². The Morgan fingerprint density at radius 3 is 2.48 bits per heavy atom. The first kappa shape index (κ1) is 23.1. The van der Waals surface area contributed by atoms with E-state index in [4.69, 9.17) is 0 Å². The van der Waals surface area contributed by atoms with Crippen molar-refractivity contribution < 1.29 is 9.59 Å². The van der Waals surface area contributed by atoms with Crippen LogP contribution in [0.15, 0.2) is 47.1 Å². The number of alkyl halides is 1. The van der Waals surface area contributed by atoms with Gasteiger partial charge in [-0.1, -0.05) is 47.5 Å². The standard InChI is InChI=1S/C29H36BrNO2/c1-28(26(33)17-30)14-13-25-23-11-7-19-15-21(32)10-12-22(19)27(23)24(16-29(25,28)2)18-5-8-20(9-6-18)31(3)4/h5-6,8-9,15,23-25H,7,10-14,16-17H2,1-4H3/t23?,24?,25?,28-,29+/m1/s1. The van der Waals surface area contributed by atoms with E-state index in [9.17, 15) is 9.59 Å². The highest BCUT2D eigenvalue weighted by Gasteiger charge is 2.63. The van der Waals surface area contributed by atoms with Crippen molar-refractivity contribution >= 4 is 33.2 Å². The van der Waals surface area contributed by atoms with Crippen molar-refractivity contribution in [2.24, 2.45) is 22.7 Å². The van der Waals surface area contributed by atoms with Gasteiger partial charge in [0, 0.05) is 37.5 Å². The van der Waals surface area contributed by atoms with Gasteiger partial charge < -0.3 is 4.90 Å². The van der Waals surface area contributed by atoms with Crippen LogP contribution in [0, 0.1) is 22.7 Å². The molecule has 4 aliphatic rings. The summed E-state index contributed by atoms with van der Waals surface area (Å²) in [4.78, 5) is 27.6.